The lowest BCUT2D eigenvalue weighted by Crippen LogP contribution is -2.09. The van der Waals surface area contributed by atoms with Gasteiger partial charge in [-0.05, 0) is 109 Å². The molecule has 14 nitrogen and oxygen atoms in total. The Balaban J connectivity index is 0.000000186. The molecule has 0 fully saturated rings. The van der Waals surface area contributed by atoms with Crippen LogP contribution in [0, 0.1) is 0 Å². The molecule has 17 heteroatoms. The van der Waals surface area contributed by atoms with Crippen LogP contribution in [0.5, 0.6) is 17.2 Å². The van der Waals surface area contributed by atoms with Crippen LogP contribution in [0.4, 0.5) is 17.1 Å². The second-order valence-electron chi connectivity index (χ2n) is 13.6. The largest absolute Gasteiger partial charge is 0.508 e. The molecular weight excluding hydrogens is 813 g/mol. The van der Waals surface area contributed by atoms with Crippen molar-refractivity contribution in [1.82, 2.24) is 30.0 Å². The van der Waals surface area contributed by atoms with Crippen LogP contribution in [0.3, 0.4) is 0 Å². The van der Waals surface area contributed by atoms with Gasteiger partial charge in [-0.15, -0.1) is 42.4 Å². The number of rotatable bonds is 7. The standard InChI is InChI=1S/C20H18N4O3S.C14H13ClN4O.C8H11NO.ClH/c1-23(2)14-8-11-20(25)19(12-14)24-21-17-10-9-16(13-18(17)22-24)28(26,27)15-6-4-3-5-7-15;1-18(2)10-4-6-14(20)13(8-10)19-16-11-5-3-9(15)7-12(11)17-19;1-9(2)7-3-5-8(10)6-4-7;/h3-13,25H,1-2H3;3-8,20H,1-2H3;3-6,10H,1-2H3;1H. The van der Waals surface area contributed by atoms with Gasteiger partial charge in [-0.25, -0.2) is 8.42 Å². The van der Waals surface area contributed by atoms with E-state index < -0.39 is 9.84 Å². The summed E-state index contributed by atoms with van der Waals surface area (Å²) in [6, 6.07) is 35.7. The minimum absolute atomic E-state index is 0. The molecule has 2 aromatic heterocycles. The zero-order chi connectivity index (χ0) is 41.7. The fraction of sp³-hybridized carbons (Fsp3) is 0.143. The number of anilines is 3. The summed E-state index contributed by atoms with van der Waals surface area (Å²) in [7, 11) is 7.94. The zero-order valence-electron chi connectivity index (χ0n) is 33.0. The first-order chi connectivity index (χ1) is 27.6. The maximum Gasteiger partial charge on any atom is 0.206 e. The molecule has 0 spiro atoms. The van der Waals surface area contributed by atoms with E-state index >= 15 is 0 Å². The third-order valence-corrected chi connectivity index (χ3v) is 10.8. The number of phenolic OH excluding ortho intramolecular Hbond substituents is 3. The smallest absolute Gasteiger partial charge is 0.206 e. The summed E-state index contributed by atoms with van der Waals surface area (Å²) in [5.41, 5.74) is 6.24. The van der Waals surface area contributed by atoms with Gasteiger partial charge in [0.25, 0.3) is 0 Å². The number of aromatic hydroxyl groups is 3. The van der Waals surface area contributed by atoms with E-state index in [9.17, 15) is 18.6 Å². The molecule has 0 amide bonds. The van der Waals surface area contributed by atoms with Crippen molar-refractivity contribution in [2.24, 2.45) is 0 Å². The summed E-state index contributed by atoms with van der Waals surface area (Å²) in [5, 5.41) is 47.2. The van der Waals surface area contributed by atoms with Crippen LogP contribution in [-0.4, -0.2) is 96.0 Å². The van der Waals surface area contributed by atoms with Crippen LogP contribution in [0.25, 0.3) is 33.4 Å². The van der Waals surface area contributed by atoms with Crippen LogP contribution >= 0.6 is 24.0 Å². The lowest BCUT2D eigenvalue weighted by molar-refractivity contribution is 0.467. The Morgan fingerprint density at radius 1 is 0.492 bits per heavy atom. The monoisotopic (exact) mass is 855 g/mol. The van der Waals surface area contributed by atoms with Crippen molar-refractivity contribution >= 4 is 73.0 Å². The summed E-state index contributed by atoms with van der Waals surface area (Å²) in [4.78, 5) is 8.93. The lowest BCUT2D eigenvalue weighted by atomic mass is 10.2. The number of hydrogen-bond donors (Lipinski definition) is 3. The molecule has 8 aromatic rings. The fourth-order valence-electron chi connectivity index (χ4n) is 5.55. The molecule has 2 heterocycles. The van der Waals surface area contributed by atoms with Crippen LogP contribution in [0.1, 0.15) is 0 Å². The Morgan fingerprint density at radius 2 is 0.932 bits per heavy atom. The highest BCUT2D eigenvalue weighted by molar-refractivity contribution is 7.91. The van der Waals surface area contributed by atoms with Gasteiger partial charge in [0.05, 0.1) is 9.79 Å². The number of fused-ring (bicyclic) bond motifs is 2. The van der Waals surface area contributed by atoms with E-state index in [1.807, 2.05) is 81.3 Å². The molecule has 0 aliphatic rings. The van der Waals surface area contributed by atoms with Gasteiger partial charge in [0.2, 0.25) is 9.84 Å². The van der Waals surface area contributed by atoms with Crippen LogP contribution in [0.15, 0.2) is 137 Å². The lowest BCUT2D eigenvalue weighted by Gasteiger charge is -2.14. The maximum atomic E-state index is 12.8. The highest BCUT2D eigenvalue weighted by atomic mass is 35.5. The van der Waals surface area contributed by atoms with E-state index in [1.165, 1.54) is 21.7 Å². The molecule has 306 valence electrons. The van der Waals surface area contributed by atoms with Crippen molar-refractivity contribution in [3.8, 4) is 28.6 Å². The van der Waals surface area contributed by atoms with E-state index in [1.54, 1.807) is 91.0 Å². The Kier molecular flexibility index (Phi) is 13.6. The second-order valence-corrected chi connectivity index (χ2v) is 16.0. The van der Waals surface area contributed by atoms with Crippen molar-refractivity contribution in [3.05, 3.63) is 132 Å². The Bertz CT molecular complexity index is 2800. The molecule has 3 N–H and O–H groups in total. The number of halogens is 2. The SMILES string of the molecule is CN(C)c1ccc(O)c(-n2nc3ccc(Cl)cc3n2)c1.CN(C)c1ccc(O)c(-n2nc3ccc(S(=O)(=O)c4ccccc4)cc3n2)c1.CN(C)c1ccc(O)cc1.Cl. The van der Waals surface area contributed by atoms with E-state index in [-0.39, 0.29) is 33.7 Å². The molecule has 8 rings (SSSR count). The third kappa shape index (κ3) is 10.1. The predicted octanol–water partition coefficient (Wildman–Crippen LogP) is 7.75. The van der Waals surface area contributed by atoms with Crippen molar-refractivity contribution in [2.45, 2.75) is 9.79 Å². The van der Waals surface area contributed by atoms with Gasteiger partial charge in [-0.3, -0.25) is 0 Å². The first kappa shape index (κ1) is 43.6. The fourth-order valence-corrected chi connectivity index (χ4v) is 7.02. The van der Waals surface area contributed by atoms with Gasteiger partial charge in [-0.2, -0.15) is 0 Å². The Morgan fingerprint density at radius 3 is 1.42 bits per heavy atom. The van der Waals surface area contributed by atoms with Gasteiger partial charge in [-0.1, -0.05) is 29.8 Å². The van der Waals surface area contributed by atoms with E-state index in [2.05, 4.69) is 20.4 Å². The van der Waals surface area contributed by atoms with Crippen molar-refractivity contribution in [2.75, 3.05) is 57.0 Å². The van der Waals surface area contributed by atoms with Gasteiger partial charge >= 0.3 is 0 Å². The van der Waals surface area contributed by atoms with Crippen molar-refractivity contribution < 1.29 is 23.7 Å². The Labute approximate surface area is 353 Å². The predicted molar refractivity (Wildman–Crippen MR) is 236 cm³/mol. The van der Waals surface area contributed by atoms with Gasteiger partial charge in [0.15, 0.2) is 0 Å². The number of nitrogens with zero attached hydrogens (tertiary/aromatic N) is 9. The molecule has 0 saturated carbocycles. The Hall–Kier alpha value is -6.55. The molecule has 0 atom stereocenters. The van der Waals surface area contributed by atoms with E-state index in [4.69, 9.17) is 16.7 Å². The molecule has 0 bridgehead atoms. The quantitative estimate of drug-likeness (QED) is 0.143. The molecule has 0 aliphatic carbocycles. The molecule has 0 radical (unpaired) electrons. The first-order valence-corrected chi connectivity index (χ1v) is 19.6. The van der Waals surface area contributed by atoms with Crippen molar-refractivity contribution in [1.29, 1.82) is 0 Å². The van der Waals surface area contributed by atoms with Crippen molar-refractivity contribution in [3.63, 3.8) is 0 Å². The highest BCUT2D eigenvalue weighted by Gasteiger charge is 2.19. The summed E-state index contributed by atoms with van der Waals surface area (Å²) in [6.45, 7) is 0. The summed E-state index contributed by atoms with van der Waals surface area (Å²) in [6.07, 6.45) is 0. The maximum absolute atomic E-state index is 12.8. The topological polar surface area (TPSA) is 166 Å². The highest BCUT2D eigenvalue weighted by Crippen LogP contribution is 2.29. The van der Waals surface area contributed by atoms with Gasteiger partial charge < -0.3 is 30.0 Å². The summed E-state index contributed by atoms with van der Waals surface area (Å²) < 4.78 is 25.7. The van der Waals surface area contributed by atoms with Crippen LogP contribution in [0.2, 0.25) is 5.02 Å². The summed E-state index contributed by atoms with van der Waals surface area (Å²) in [5.74, 6) is 0.468. The molecule has 0 saturated heterocycles. The first-order valence-electron chi connectivity index (χ1n) is 17.8. The molecule has 59 heavy (non-hydrogen) atoms. The zero-order valence-corrected chi connectivity index (χ0v) is 35.4. The number of hydrogen-bond acceptors (Lipinski definition) is 12. The molecular formula is C42H43Cl2N9O5S. The average Bonchev–Trinajstić information content (AvgIpc) is 3.83. The number of sulfone groups is 1. The molecule has 0 unspecified atom stereocenters. The van der Waals surface area contributed by atoms with Gasteiger partial charge in [0.1, 0.15) is 50.7 Å². The second kappa shape index (κ2) is 18.4. The number of aromatic nitrogens is 6. The molecule has 6 aromatic carbocycles. The molecule has 0 aliphatic heterocycles. The van der Waals surface area contributed by atoms with Crippen LogP contribution < -0.4 is 14.7 Å². The van der Waals surface area contributed by atoms with E-state index in [0.29, 0.717) is 38.7 Å². The summed E-state index contributed by atoms with van der Waals surface area (Å²) >= 11 is 5.94. The normalized spacial score (nSPS) is 10.8. The third-order valence-electron chi connectivity index (χ3n) is 8.81. The minimum Gasteiger partial charge on any atom is -0.508 e. The number of benzene rings is 6. The number of phenols is 3. The van der Waals surface area contributed by atoms with Crippen LogP contribution in [-0.2, 0) is 9.84 Å². The minimum atomic E-state index is -3.65. The average molecular weight is 857 g/mol. The van der Waals surface area contributed by atoms with Gasteiger partial charge in [0, 0.05) is 64.4 Å². The van der Waals surface area contributed by atoms with E-state index in [0.717, 1.165) is 22.6 Å².